The number of ether oxygens (including phenoxy) is 1. The van der Waals surface area contributed by atoms with Crippen LogP contribution in [0.3, 0.4) is 0 Å². The number of benzene rings is 1. The minimum absolute atomic E-state index is 0.103. The van der Waals surface area contributed by atoms with E-state index in [2.05, 4.69) is 0 Å². The zero-order valence-electron chi connectivity index (χ0n) is 11.0. The van der Waals surface area contributed by atoms with Gasteiger partial charge in [-0.05, 0) is 37.1 Å². The molecule has 116 valence electrons. The molecule has 0 aromatic heterocycles. The molecule has 4 nitrogen and oxygen atoms in total. The van der Waals surface area contributed by atoms with Crippen molar-refractivity contribution in [3.8, 4) is 0 Å². The second-order valence-electron chi connectivity index (χ2n) is 5.28. The summed E-state index contributed by atoms with van der Waals surface area (Å²) in [5, 5.41) is 0. The van der Waals surface area contributed by atoms with Crippen molar-refractivity contribution in [2.45, 2.75) is 36.0 Å². The van der Waals surface area contributed by atoms with Gasteiger partial charge in [0.15, 0.2) is 0 Å². The zero-order chi connectivity index (χ0) is 15.3. The topological polar surface area (TPSA) is 46.6 Å². The van der Waals surface area contributed by atoms with Gasteiger partial charge in [0.1, 0.15) is 0 Å². The van der Waals surface area contributed by atoms with Gasteiger partial charge in [0.25, 0.3) is 0 Å². The third kappa shape index (κ3) is 2.56. The molecule has 0 radical (unpaired) electrons. The van der Waals surface area contributed by atoms with Gasteiger partial charge < -0.3 is 4.74 Å². The maximum Gasteiger partial charge on any atom is 0.416 e. The molecular formula is C13H14F3NO3S. The van der Waals surface area contributed by atoms with Gasteiger partial charge in [-0.15, -0.1) is 0 Å². The van der Waals surface area contributed by atoms with Gasteiger partial charge in [0, 0.05) is 12.1 Å². The molecule has 0 unspecified atom stereocenters. The Morgan fingerprint density at radius 3 is 2.05 bits per heavy atom. The minimum Gasteiger partial charge on any atom is -0.378 e. The van der Waals surface area contributed by atoms with E-state index in [4.69, 9.17) is 4.74 Å². The summed E-state index contributed by atoms with van der Waals surface area (Å²) < 4.78 is 69.5. The van der Waals surface area contributed by atoms with Crippen LogP contribution in [-0.4, -0.2) is 38.0 Å². The Morgan fingerprint density at radius 1 is 1.05 bits per heavy atom. The largest absolute Gasteiger partial charge is 0.416 e. The first-order valence-corrected chi connectivity index (χ1v) is 8.03. The SMILES string of the molecule is O=S(=O)(c1ccc(C(F)(F)F)cc1)N1[C@@H]2CC[C@H]1COC2. The van der Waals surface area contributed by atoms with Crippen LogP contribution in [0.15, 0.2) is 29.2 Å². The number of hydrogen-bond donors (Lipinski definition) is 0. The fourth-order valence-corrected chi connectivity index (χ4v) is 4.76. The Labute approximate surface area is 120 Å². The van der Waals surface area contributed by atoms with E-state index in [1.807, 2.05) is 0 Å². The van der Waals surface area contributed by atoms with Crippen molar-refractivity contribution in [2.75, 3.05) is 13.2 Å². The van der Waals surface area contributed by atoms with E-state index in [9.17, 15) is 21.6 Å². The molecule has 2 fully saturated rings. The average Bonchev–Trinajstić information content (AvgIpc) is 2.69. The first kappa shape index (κ1) is 14.8. The molecule has 2 aliphatic heterocycles. The molecule has 2 bridgehead atoms. The highest BCUT2D eigenvalue weighted by atomic mass is 32.2. The fraction of sp³-hybridized carbons (Fsp3) is 0.538. The molecule has 0 spiro atoms. The lowest BCUT2D eigenvalue weighted by atomic mass is 10.2. The molecule has 0 N–H and O–H groups in total. The molecule has 0 aliphatic carbocycles. The van der Waals surface area contributed by atoms with Crippen LogP contribution in [-0.2, 0) is 20.9 Å². The van der Waals surface area contributed by atoms with Gasteiger partial charge >= 0.3 is 6.18 Å². The van der Waals surface area contributed by atoms with Crippen LogP contribution in [0.1, 0.15) is 18.4 Å². The van der Waals surface area contributed by atoms with E-state index in [0.29, 0.717) is 13.2 Å². The van der Waals surface area contributed by atoms with E-state index in [1.54, 1.807) is 0 Å². The van der Waals surface area contributed by atoms with E-state index in [-0.39, 0.29) is 17.0 Å². The number of sulfonamides is 1. The van der Waals surface area contributed by atoms with E-state index >= 15 is 0 Å². The minimum atomic E-state index is -4.47. The van der Waals surface area contributed by atoms with Gasteiger partial charge in [-0.25, -0.2) is 8.42 Å². The molecule has 1 aromatic rings. The molecule has 0 amide bonds. The maximum atomic E-state index is 12.6. The summed E-state index contributed by atoms with van der Waals surface area (Å²) in [7, 11) is -3.77. The molecule has 2 heterocycles. The van der Waals surface area contributed by atoms with E-state index in [0.717, 1.165) is 37.1 Å². The second kappa shape index (κ2) is 4.96. The normalized spacial score (nSPS) is 27.0. The van der Waals surface area contributed by atoms with Crippen molar-refractivity contribution in [3.05, 3.63) is 29.8 Å². The number of hydrogen-bond acceptors (Lipinski definition) is 3. The van der Waals surface area contributed by atoms with Gasteiger partial charge in [-0.3, -0.25) is 0 Å². The van der Waals surface area contributed by atoms with Crippen LogP contribution in [0.25, 0.3) is 0 Å². The molecular weight excluding hydrogens is 307 g/mol. The first-order valence-electron chi connectivity index (χ1n) is 6.59. The van der Waals surface area contributed by atoms with Gasteiger partial charge in [-0.2, -0.15) is 17.5 Å². The summed E-state index contributed by atoms with van der Waals surface area (Å²) in [6, 6.07) is 3.22. The third-order valence-electron chi connectivity index (χ3n) is 3.93. The molecule has 2 aliphatic rings. The Morgan fingerprint density at radius 2 is 1.57 bits per heavy atom. The van der Waals surface area contributed by atoms with Crippen molar-refractivity contribution >= 4 is 10.0 Å². The highest BCUT2D eigenvalue weighted by molar-refractivity contribution is 7.89. The van der Waals surface area contributed by atoms with Gasteiger partial charge in [0.05, 0.1) is 23.7 Å². The summed E-state index contributed by atoms with van der Waals surface area (Å²) in [5.41, 5.74) is -0.855. The Bertz CT molecular complexity index is 611. The number of nitrogens with zero attached hydrogens (tertiary/aromatic N) is 1. The highest BCUT2D eigenvalue weighted by Crippen LogP contribution is 2.35. The van der Waals surface area contributed by atoms with Crippen molar-refractivity contribution in [2.24, 2.45) is 0 Å². The first-order chi connectivity index (χ1) is 9.80. The quantitative estimate of drug-likeness (QED) is 0.839. The summed E-state index contributed by atoms with van der Waals surface area (Å²) in [4.78, 5) is -0.103. The molecule has 3 rings (SSSR count). The van der Waals surface area contributed by atoms with Crippen LogP contribution >= 0.6 is 0 Å². The van der Waals surface area contributed by atoms with Crippen molar-refractivity contribution in [1.29, 1.82) is 0 Å². The summed E-state index contributed by atoms with van der Waals surface area (Å²) >= 11 is 0. The van der Waals surface area contributed by atoms with Crippen molar-refractivity contribution in [3.63, 3.8) is 0 Å². The number of alkyl halides is 3. The lowest BCUT2D eigenvalue weighted by Crippen LogP contribution is -2.48. The monoisotopic (exact) mass is 321 g/mol. The standard InChI is InChI=1S/C13H14F3NO3S/c14-13(15,16)9-1-5-12(6-2-9)21(18,19)17-10-3-4-11(17)8-20-7-10/h1-2,5-6,10-11H,3-4,7-8H2/t10-,11+. The van der Waals surface area contributed by atoms with Crippen LogP contribution in [0.2, 0.25) is 0 Å². The molecule has 0 saturated carbocycles. The predicted octanol–water partition coefficient (Wildman–Crippen LogP) is 2.26. The molecule has 8 heteroatoms. The van der Waals surface area contributed by atoms with Crippen molar-refractivity contribution < 1.29 is 26.3 Å². The maximum absolute atomic E-state index is 12.6. The molecule has 21 heavy (non-hydrogen) atoms. The van der Waals surface area contributed by atoms with Gasteiger partial charge in [-0.1, -0.05) is 0 Å². The number of morpholine rings is 1. The van der Waals surface area contributed by atoms with Crippen molar-refractivity contribution in [1.82, 2.24) is 4.31 Å². The van der Waals surface area contributed by atoms with Crippen LogP contribution in [0, 0.1) is 0 Å². The lowest BCUT2D eigenvalue weighted by molar-refractivity contribution is -0.137. The number of halogens is 3. The van der Waals surface area contributed by atoms with E-state index < -0.39 is 21.8 Å². The summed E-state index contributed by atoms with van der Waals surface area (Å²) in [6.45, 7) is 0.687. The molecule has 1 aromatic carbocycles. The lowest BCUT2D eigenvalue weighted by Gasteiger charge is -2.33. The molecule has 2 atom stereocenters. The Kier molecular flexibility index (Phi) is 3.50. The summed E-state index contributed by atoms with van der Waals surface area (Å²) in [5.74, 6) is 0. The smallest absolute Gasteiger partial charge is 0.378 e. The van der Waals surface area contributed by atoms with Crippen LogP contribution < -0.4 is 0 Å². The Hall–Kier alpha value is -1.12. The predicted molar refractivity (Wildman–Crippen MR) is 68.1 cm³/mol. The zero-order valence-corrected chi connectivity index (χ0v) is 11.8. The third-order valence-corrected chi connectivity index (χ3v) is 5.95. The van der Waals surface area contributed by atoms with Gasteiger partial charge in [0.2, 0.25) is 10.0 Å². The fourth-order valence-electron chi connectivity index (χ4n) is 2.92. The van der Waals surface area contributed by atoms with Crippen LogP contribution in [0.4, 0.5) is 13.2 Å². The Balaban J connectivity index is 1.92. The average molecular weight is 321 g/mol. The van der Waals surface area contributed by atoms with Crippen LogP contribution in [0.5, 0.6) is 0 Å². The second-order valence-corrected chi connectivity index (χ2v) is 7.12. The highest BCUT2D eigenvalue weighted by Gasteiger charge is 2.45. The number of rotatable bonds is 2. The van der Waals surface area contributed by atoms with E-state index in [1.165, 1.54) is 4.31 Å². The molecule has 2 saturated heterocycles. The number of fused-ring (bicyclic) bond motifs is 2. The summed E-state index contributed by atoms with van der Waals surface area (Å²) in [6.07, 6.45) is -3.02.